The topological polar surface area (TPSA) is 32.3 Å². The van der Waals surface area contributed by atoms with Crippen molar-refractivity contribution in [3.05, 3.63) is 49.6 Å². The van der Waals surface area contributed by atoms with Gasteiger partial charge in [-0.3, -0.25) is 0 Å². The van der Waals surface area contributed by atoms with Crippen molar-refractivity contribution >= 4 is 44.6 Å². The van der Waals surface area contributed by atoms with E-state index in [4.69, 9.17) is 11.6 Å². The molecule has 0 saturated carbocycles. The molecule has 0 radical (unpaired) electrons. The SMILES string of the molecule is Cc1cc(Br)c(NCC(O)c2cccs2)cc1Cl. The number of rotatable bonds is 4. The lowest BCUT2D eigenvalue weighted by Crippen LogP contribution is -2.11. The highest BCUT2D eigenvalue weighted by Crippen LogP contribution is 2.30. The van der Waals surface area contributed by atoms with Crippen LogP contribution in [0.25, 0.3) is 0 Å². The molecule has 1 heterocycles. The van der Waals surface area contributed by atoms with Crippen molar-refractivity contribution in [1.29, 1.82) is 0 Å². The van der Waals surface area contributed by atoms with Gasteiger partial charge in [-0.2, -0.15) is 0 Å². The molecule has 2 aromatic rings. The molecule has 1 atom stereocenters. The standard InChI is InChI=1S/C13H13BrClNOS/c1-8-5-9(14)11(6-10(8)15)16-7-12(17)13-3-2-4-18-13/h2-6,12,16-17H,7H2,1H3. The summed E-state index contributed by atoms with van der Waals surface area (Å²) in [6.45, 7) is 2.41. The van der Waals surface area contributed by atoms with Gasteiger partial charge in [-0.05, 0) is 52.0 Å². The largest absolute Gasteiger partial charge is 0.386 e. The summed E-state index contributed by atoms with van der Waals surface area (Å²) in [5, 5.41) is 15.8. The van der Waals surface area contributed by atoms with Crippen LogP contribution in [-0.2, 0) is 0 Å². The van der Waals surface area contributed by atoms with Crippen LogP contribution in [-0.4, -0.2) is 11.7 Å². The summed E-state index contributed by atoms with van der Waals surface area (Å²) in [6.07, 6.45) is -0.503. The first-order valence-corrected chi connectivity index (χ1v) is 7.54. The van der Waals surface area contributed by atoms with Crippen LogP contribution in [0.3, 0.4) is 0 Å². The van der Waals surface area contributed by atoms with Crippen LogP contribution in [0, 0.1) is 6.92 Å². The van der Waals surface area contributed by atoms with E-state index >= 15 is 0 Å². The summed E-state index contributed by atoms with van der Waals surface area (Å²) in [4.78, 5) is 0.955. The van der Waals surface area contributed by atoms with E-state index in [9.17, 15) is 5.11 Å². The minimum Gasteiger partial charge on any atom is -0.386 e. The summed E-state index contributed by atoms with van der Waals surface area (Å²) in [6, 6.07) is 7.68. The molecule has 0 spiro atoms. The van der Waals surface area contributed by atoms with E-state index in [1.807, 2.05) is 36.6 Å². The molecule has 1 aromatic carbocycles. The van der Waals surface area contributed by atoms with Crippen molar-refractivity contribution in [2.75, 3.05) is 11.9 Å². The molecular weight excluding hydrogens is 334 g/mol. The van der Waals surface area contributed by atoms with Gasteiger partial charge in [0.2, 0.25) is 0 Å². The maximum absolute atomic E-state index is 9.99. The number of thiophene rings is 1. The molecule has 96 valence electrons. The van der Waals surface area contributed by atoms with Gasteiger partial charge in [0.05, 0.1) is 5.69 Å². The van der Waals surface area contributed by atoms with E-state index in [0.29, 0.717) is 11.6 Å². The first-order valence-electron chi connectivity index (χ1n) is 5.49. The van der Waals surface area contributed by atoms with E-state index < -0.39 is 6.10 Å². The van der Waals surface area contributed by atoms with Crippen LogP contribution < -0.4 is 5.32 Å². The van der Waals surface area contributed by atoms with Crippen LogP contribution >= 0.6 is 38.9 Å². The summed E-state index contributed by atoms with van der Waals surface area (Å²) >= 11 is 11.1. The van der Waals surface area contributed by atoms with Crippen molar-refractivity contribution in [3.63, 3.8) is 0 Å². The second-order valence-corrected chi connectivity index (χ2v) is 6.23. The Labute approximate surface area is 124 Å². The van der Waals surface area contributed by atoms with Crippen molar-refractivity contribution < 1.29 is 5.11 Å². The highest BCUT2D eigenvalue weighted by Gasteiger charge is 2.10. The Kier molecular flexibility index (Phi) is 4.67. The van der Waals surface area contributed by atoms with Crippen LogP contribution in [0.1, 0.15) is 16.5 Å². The zero-order chi connectivity index (χ0) is 13.1. The molecule has 0 aliphatic heterocycles. The van der Waals surface area contributed by atoms with E-state index in [0.717, 1.165) is 20.6 Å². The van der Waals surface area contributed by atoms with Crippen molar-refractivity contribution in [1.82, 2.24) is 0 Å². The van der Waals surface area contributed by atoms with Crippen LogP contribution in [0.5, 0.6) is 0 Å². The van der Waals surface area contributed by atoms with E-state index in [2.05, 4.69) is 21.2 Å². The summed E-state index contributed by atoms with van der Waals surface area (Å²) in [5.74, 6) is 0. The van der Waals surface area contributed by atoms with Gasteiger partial charge < -0.3 is 10.4 Å². The monoisotopic (exact) mass is 345 g/mol. The molecule has 5 heteroatoms. The Bertz CT molecular complexity index is 530. The average Bonchev–Trinajstić information content (AvgIpc) is 2.85. The predicted molar refractivity (Wildman–Crippen MR) is 81.7 cm³/mol. The molecule has 1 unspecified atom stereocenters. The number of aryl methyl sites for hydroxylation is 1. The first-order chi connectivity index (χ1) is 8.58. The molecular formula is C13H13BrClNOS. The van der Waals surface area contributed by atoms with E-state index in [-0.39, 0.29) is 0 Å². The fourth-order valence-corrected chi connectivity index (χ4v) is 3.04. The van der Waals surface area contributed by atoms with Crippen LogP contribution in [0.4, 0.5) is 5.69 Å². The molecule has 2 N–H and O–H groups in total. The molecule has 0 amide bonds. The van der Waals surface area contributed by atoms with Crippen molar-refractivity contribution in [2.24, 2.45) is 0 Å². The fourth-order valence-electron chi connectivity index (χ4n) is 1.57. The van der Waals surface area contributed by atoms with Gasteiger partial charge >= 0.3 is 0 Å². The van der Waals surface area contributed by atoms with Gasteiger partial charge in [-0.1, -0.05) is 17.7 Å². The number of aliphatic hydroxyl groups excluding tert-OH is 1. The lowest BCUT2D eigenvalue weighted by Gasteiger charge is -2.13. The number of benzene rings is 1. The van der Waals surface area contributed by atoms with Gasteiger partial charge in [0.1, 0.15) is 6.10 Å². The minimum absolute atomic E-state index is 0.457. The number of hydrogen-bond acceptors (Lipinski definition) is 3. The number of aliphatic hydroxyl groups is 1. The Balaban J connectivity index is 2.04. The third-order valence-corrected chi connectivity index (χ3v) is 4.64. The molecule has 2 nitrogen and oxygen atoms in total. The lowest BCUT2D eigenvalue weighted by atomic mass is 10.2. The van der Waals surface area contributed by atoms with Gasteiger partial charge in [0.15, 0.2) is 0 Å². The molecule has 0 fully saturated rings. The molecule has 1 aromatic heterocycles. The third-order valence-electron chi connectivity index (χ3n) is 2.61. The summed E-state index contributed by atoms with van der Waals surface area (Å²) < 4.78 is 0.947. The van der Waals surface area contributed by atoms with Gasteiger partial charge in [0, 0.05) is 20.9 Å². The normalized spacial score (nSPS) is 12.4. The Morgan fingerprint density at radius 1 is 1.50 bits per heavy atom. The molecule has 0 bridgehead atoms. The second kappa shape index (κ2) is 6.06. The van der Waals surface area contributed by atoms with Crippen molar-refractivity contribution in [2.45, 2.75) is 13.0 Å². The van der Waals surface area contributed by atoms with E-state index in [1.54, 1.807) is 11.3 Å². The third kappa shape index (κ3) is 3.26. The number of anilines is 1. The quantitative estimate of drug-likeness (QED) is 0.847. The highest BCUT2D eigenvalue weighted by atomic mass is 79.9. The van der Waals surface area contributed by atoms with Crippen LogP contribution in [0.15, 0.2) is 34.1 Å². The smallest absolute Gasteiger partial charge is 0.105 e. The molecule has 2 rings (SSSR count). The number of hydrogen-bond donors (Lipinski definition) is 2. The maximum Gasteiger partial charge on any atom is 0.105 e. The minimum atomic E-state index is -0.503. The van der Waals surface area contributed by atoms with Gasteiger partial charge in [-0.25, -0.2) is 0 Å². The number of halogens is 2. The Morgan fingerprint density at radius 2 is 2.28 bits per heavy atom. The number of nitrogens with one attached hydrogen (secondary N) is 1. The molecule has 18 heavy (non-hydrogen) atoms. The fraction of sp³-hybridized carbons (Fsp3) is 0.231. The van der Waals surface area contributed by atoms with E-state index in [1.165, 1.54) is 0 Å². The highest BCUT2D eigenvalue weighted by molar-refractivity contribution is 9.10. The van der Waals surface area contributed by atoms with Gasteiger partial charge in [-0.15, -0.1) is 11.3 Å². The lowest BCUT2D eigenvalue weighted by molar-refractivity contribution is 0.195. The molecule has 0 aliphatic rings. The van der Waals surface area contributed by atoms with Crippen LogP contribution in [0.2, 0.25) is 5.02 Å². The zero-order valence-electron chi connectivity index (χ0n) is 9.78. The molecule has 0 aliphatic carbocycles. The average molecular weight is 347 g/mol. The Hall–Kier alpha value is -0.550. The Morgan fingerprint density at radius 3 is 2.94 bits per heavy atom. The van der Waals surface area contributed by atoms with Gasteiger partial charge in [0.25, 0.3) is 0 Å². The summed E-state index contributed by atoms with van der Waals surface area (Å²) in [7, 11) is 0. The second-order valence-electron chi connectivity index (χ2n) is 3.99. The molecule has 0 saturated heterocycles. The predicted octanol–water partition coefficient (Wildman–Crippen LogP) is 4.62. The first kappa shape index (κ1) is 13.9. The summed E-state index contributed by atoms with van der Waals surface area (Å²) in [5.41, 5.74) is 1.91. The maximum atomic E-state index is 9.99. The zero-order valence-corrected chi connectivity index (χ0v) is 12.9. The van der Waals surface area contributed by atoms with Crippen molar-refractivity contribution in [3.8, 4) is 0 Å².